The van der Waals surface area contributed by atoms with Gasteiger partial charge in [-0.15, -0.1) is 0 Å². The van der Waals surface area contributed by atoms with E-state index in [0.717, 1.165) is 25.3 Å². The van der Waals surface area contributed by atoms with E-state index in [4.69, 9.17) is 0 Å². The van der Waals surface area contributed by atoms with Crippen LogP contribution in [0, 0.1) is 6.92 Å². The van der Waals surface area contributed by atoms with Gasteiger partial charge in [0.15, 0.2) is 5.75 Å². The first-order valence-electron chi connectivity index (χ1n) is 7.28. The van der Waals surface area contributed by atoms with E-state index in [2.05, 4.69) is 43.0 Å². The summed E-state index contributed by atoms with van der Waals surface area (Å²) in [4.78, 5) is 14.0. The van der Waals surface area contributed by atoms with E-state index in [1.807, 2.05) is 4.57 Å². The van der Waals surface area contributed by atoms with Crippen LogP contribution < -0.4 is 5.43 Å². The van der Waals surface area contributed by atoms with Gasteiger partial charge in [0.2, 0.25) is 5.43 Å². The summed E-state index contributed by atoms with van der Waals surface area (Å²) in [5, 5.41) is 9.52. The maximum absolute atomic E-state index is 11.6. The number of rotatable bonds is 2. The number of hydrogen-bond acceptors (Lipinski definition) is 3. The number of aryl methyl sites for hydroxylation is 1. The molecule has 3 rings (SSSR count). The highest BCUT2D eigenvalue weighted by atomic mass is 16.3. The lowest BCUT2D eigenvalue weighted by Crippen LogP contribution is -2.36. The van der Waals surface area contributed by atoms with Crippen LogP contribution in [0.25, 0.3) is 0 Å². The minimum absolute atomic E-state index is 0.167. The number of pyridine rings is 1. The van der Waals surface area contributed by atoms with Gasteiger partial charge in [0.05, 0.1) is 6.20 Å². The van der Waals surface area contributed by atoms with E-state index in [0.29, 0.717) is 6.04 Å². The second-order valence-electron chi connectivity index (χ2n) is 5.71. The van der Waals surface area contributed by atoms with Crippen LogP contribution in [0.4, 0.5) is 0 Å². The zero-order chi connectivity index (χ0) is 15.0. The third-order valence-electron chi connectivity index (χ3n) is 4.38. The summed E-state index contributed by atoms with van der Waals surface area (Å²) in [5.41, 5.74) is 3.28. The van der Waals surface area contributed by atoms with Crippen molar-refractivity contribution in [2.24, 2.45) is 0 Å². The molecule has 0 aliphatic carbocycles. The molecular weight excluding hydrogens is 264 g/mol. The molecule has 0 radical (unpaired) electrons. The van der Waals surface area contributed by atoms with Gasteiger partial charge in [-0.1, -0.05) is 24.3 Å². The normalized spacial score (nSPS) is 16.5. The monoisotopic (exact) mass is 284 g/mol. The lowest BCUT2D eigenvalue weighted by molar-refractivity contribution is 0.164. The zero-order valence-electron chi connectivity index (χ0n) is 12.4. The molecule has 2 heterocycles. The lowest BCUT2D eigenvalue weighted by Gasteiger charge is -2.35. The van der Waals surface area contributed by atoms with Crippen LogP contribution in [0.1, 0.15) is 29.8 Å². The van der Waals surface area contributed by atoms with Crippen molar-refractivity contribution in [3.63, 3.8) is 0 Å². The average molecular weight is 284 g/mol. The Morgan fingerprint density at radius 2 is 2.00 bits per heavy atom. The van der Waals surface area contributed by atoms with Crippen LogP contribution in [0.5, 0.6) is 5.75 Å². The molecule has 1 aromatic carbocycles. The van der Waals surface area contributed by atoms with Crippen LogP contribution in [-0.4, -0.2) is 21.1 Å². The van der Waals surface area contributed by atoms with Crippen LogP contribution in [0.2, 0.25) is 0 Å². The van der Waals surface area contributed by atoms with Gasteiger partial charge < -0.3 is 9.67 Å². The van der Waals surface area contributed by atoms with E-state index < -0.39 is 0 Å². The largest absolute Gasteiger partial charge is 0.503 e. The van der Waals surface area contributed by atoms with E-state index in [1.54, 1.807) is 12.3 Å². The molecule has 0 bridgehead atoms. The predicted molar refractivity (Wildman–Crippen MR) is 82.4 cm³/mol. The molecule has 0 saturated heterocycles. The molecule has 0 amide bonds. The molecule has 21 heavy (non-hydrogen) atoms. The number of nitrogens with zero attached hydrogens (tertiary/aromatic N) is 2. The van der Waals surface area contributed by atoms with Crippen LogP contribution in [-0.2, 0) is 13.1 Å². The topological polar surface area (TPSA) is 45.5 Å². The van der Waals surface area contributed by atoms with Crippen molar-refractivity contribution in [2.75, 3.05) is 6.54 Å². The molecule has 4 heteroatoms. The molecule has 0 spiro atoms. The number of fused-ring (bicyclic) bond motifs is 1. The maximum Gasteiger partial charge on any atom is 0.223 e. The molecule has 1 atom stereocenters. The van der Waals surface area contributed by atoms with Crippen molar-refractivity contribution in [3.8, 4) is 5.75 Å². The lowest BCUT2D eigenvalue weighted by atomic mass is 10.0. The number of aromatic nitrogens is 1. The van der Waals surface area contributed by atoms with Crippen LogP contribution in [0.3, 0.4) is 0 Å². The Bertz CT molecular complexity index is 721. The summed E-state index contributed by atoms with van der Waals surface area (Å²) in [5.74, 6) is -0.167. The van der Waals surface area contributed by atoms with Crippen molar-refractivity contribution in [2.45, 2.75) is 33.0 Å². The average Bonchev–Trinajstić information content (AvgIpc) is 2.48. The molecule has 4 nitrogen and oxygen atoms in total. The molecule has 2 aromatic rings. The zero-order valence-corrected chi connectivity index (χ0v) is 12.4. The van der Waals surface area contributed by atoms with E-state index in [9.17, 15) is 9.90 Å². The third-order valence-corrected chi connectivity index (χ3v) is 4.38. The fourth-order valence-corrected chi connectivity index (χ4v) is 3.05. The fourth-order valence-electron chi connectivity index (χ4n) is 3.05. The number of hydrogen-bond donors (Lipinski definition) is 1. The maximum atomic E-state index is 11.6. The Hall–Kier alpha value is -2.07. The smallest absolute Gasteiger partial charge is 0.223 e. The molecule has 1 N–H and O–H groups in total. The van der Waals surface area contributed by atoms with Crippen molar-refractivity contribution in [3.05, 3.63) is 63.6 Å². The highest BCUT2D eigenvalue weighted by molar-refractivity contribution is 5.29. The van der Waals surface area contributed by atoms with Crippen molar-refractivity contribution in [1.29, 1.82) is 0 Å². The summed E-state index contributed by atoms with van der Waals surface area (Å²) >= 11 is 0. The number of aromatic hydroxyl groups is 1. The summed E-state index contributed by atoms with van der Waals surface area (Å²) in [7, 11) is 0. The molecule has 1 aliphatic heterocycles. The minimum atomic E-state index is -0.299. The number of benzene rings is 1. The molecule has 110 valence electrons. The quantitative estimate of drug-likeness (QED) is 0.921. The summed E-state index contributed by atoms with van der Waals surface area (Å²) < 4.78 is 1.97. The van der Waals surface area contributed by atoms with Crippen LogP contribution in [0.15, 0.2) is 41.3 Å². The highest BCUT2D eigenvalue weighted by Crippen LogP contribution is 2.27. The van der Waals surface area contributed by atoms with Gasteiger partial charge in [-0.05, 0) is 25.0 Å². The van der Waals surface area contributed by atoms with Gasteiger partial charge in [0.1, 0.15) is 0 Å². The van der Waals surface area contributed by atoms with Crippen molar-refractivity contribution >= 4 is 0 Å². The third kappa shape index (κ3) is 2.59. The molecule has 1 unspecified atom stereocenters. The van der Waals surface area contributed by atoms with Crippen molar-refractivity contribution < 1.29 is 5.11 Å². The highest BCUT2D eigenvalue weighted by Gasteiger charge is 2.22. The van der Waals surface area contributed by atoms with Gasteiger partial charge in [-0.2, -0.15) is 0 Å². The molecule has 0 saturated carbocycles. The van der Waals surface area contributed by atoms with Crippen molar-refractivity contribution in [1.82, 2.24) is 9.47 Å². The van der Waals surface area contributed by atoms with E-state index in [1.165, 1.54) is 11.1 Å². The molecular formula is C17H20N2O2. The Kier molecular flexibility index (Phi) is 3.55. The molecule has 1 aromatic heterocycles. The van der Waals surface area contributed by atoms with Gasteiger partial charge in [-0.25, -0.2) is 0 Å². The summed E-state index contributed by atoms with van der Waals surface area (Å²) in [6.07, 6.45) is 1.55. The van der Waals surface area contributed by atoms with Gasteiger partial charge in [0.25, 0.3) is 0 Å². The second-order valence-corrected chi connectivity index (χ2v) is 5.71. The predicted octanol–water partition coefficient (Wildman–Crippen LogP) is 2.44. The Morgan fingerprint density at radius 3 is 2.76 bits per heavy atom. The van der Waals surface area contributed by atoms with Gasteiger partial charge >= 0.3 is 0 Å². The molecule has 0 fully saturated rings. The Morgan fingerprint density at radius 1 is 1.24 bits per heavy atom. The SMILES string of the molecule is Cc1ccccc1C(C)N1CCn2cc(O)c(=O)cc2C1. The Balaban J connectivity index is 1.88. The first kappa shape index (κ1) is 13.9. The molecule has 1 aliphatic rings. The summed E-state index contributed by atoms with van der Waals surface area (Å²) in [6, 6.07) is 10.3. The fraction of sp³-hybridized carbons (Fsp3) is 0.353. The first-order chi connectivity index (χ1) is 10.1. The van der Waals surface area contributed by atoms with E-state index in [-0.39, 0.29) is 11.2 Å². The van der Waals surface area contributed by atoms with Gasteiger partial charge in [0, 0.05) is 37.4 Å². The standard InChI is InChI=1S/C17H20N2O2/c1-12-5-3-4-6-15(12)13(2)18-7-8-19-11-17(21)16(20)9-14(19)10-18/h3-6,9,11,13,21H,7-8,10H2,1-2H3. The van der Waals surface area contributed by atoms with Crippen LogP contribution >= 0.6 is 0 Å². The van der Waals surface area contributed by atoms with Gasteiger partial charge in [-0.3, -0.25) is 9.69 Å². The Labute approximate surface area is 124 Å². The minimum Gasteiger partial charge on any atom is -0.503 e. The van der Waals surface area contributed by atoms with E-state index >= 15 is 0 Å². The first-order valence-corrected chi connectivity index (χ1v) is 7.28. The second kappa shape index (κ2) is 5.37. The summed E-state index contributed by atoms with van der Waals surface area (Å²) in [6.45, 7) is 6.76.